The number of thioether (sulfide) groups is 1. The summed E-state index contributed by atoms with van der Waals surface area (Å²) in [6.45, 7) is 0. The zero-order chi connectivity index (χ0) is 24.9. The number of unbranched alkanes of at least 4 members (excludes halogenated alkanes) is 3. The Morgan fingerprint density at radius 2 is 1.58 bits per heavy atom. The highest BCUT2D eigenvalue weighted by molar-refractivity contribution is 7.99. The molecule has 1 atom stereocenters. The highest BCUT2D eigenvalue weighted by atomic mass is 32.2. The molecule has 1 unspecified atom stereocenters. The lowest BCUT2D eigenvalue weighted by molar-refractivity contribution is -0.136. The van der Waals surface area contributed by atoms with Crippen LogP contribution in [0.2, 0.25) is 0 Å². The van der Waals surface area contributed by atoms with Gasteiger partial charge in [-0.05, 0) is 98.8 Å². The predicted octanol–water partition coefficient (Wildman–Crippen LogP) is 5.35. The normalized spacial score (nSPS) is 32.8. The van der Waals surface area contributed by atoms with Gasteiger partial charge < -0.3 is 0 Å². The van der Waals surface area contributed by atoms with Gasteiger partial charge in [-0.3, -0.25) is 29.4 Å². The Morgan fingerprint density at radius 1 is 0.889 bits per heavy atom. The molecule has 4 aliphatic carbocycles. The summed E-state index contributed by atoms with van der Waals surface area (Å²) in [6, 6.07) is 4.46. The number of hydrogen-bond acceptors (Lipinski definition) is 5. The Bertz CT molecular complexity index is 1060. The van der Waals surface area contributed by atoms with Crippen LogP contribution in [0.5, 0.6) is 0 Å². The van der Waals surface area contributed by atoms with Gasteiger partial charge in [0.25, 0.3) is 11.8 Å². The highest BCUT2D eigenvalue weighted by Crippen LogP contribution is 2.61. The van der Waals surface area contributed by atoms with Crippen LogP contribution in [0.3, 0.4) is 0 Å². The van der Waals surface area contributed by atoms with Crippen molar-refractivity contribution >= 4 is 35.4 Å². The largest absolute Gasteiger partial charge is 0.295 e. The number of amides is 4. The third-order valence-corrected chi connectivity index (χ3v) is 10.6. The molecule has 1 aromatic rings. The summed E-state index contributed by atoms with van der Waals surface area (Å²) in [5.41, 5.74) is 1.46. The van der Waals surface area contributed by atoms with Crippen molar-refractivity contribution in [2.75, 3.05) is 5.75 Å². The van der Waals surface area contributed by atoms with Gasteiger partial charge in [0.15, 0.2) is 0 Å². The molecular formula is C29H36N2O4S. The molecule has 4 amide bonds. The lowest BCUT2D eigenvalue weighted by Crippen LogP contribution is -2.54. The smallest absolute Gasteiger partial charge is 0.263 e. The molecule has 5 fully saturated rings. The number of rotatable bonds is 9. The molecule has 0 radical (unpaired) electrons. The maximum absolute atomic E-state index is 13.2. The molecule has 1 saturated heterocycles. The molecule has 192 valence electrons. The molecule has 36 heavy (non-hydrogen) atoms. The summed E-state index contributed by atoms with van der Waals surface area (Å²) in [7, 11) is 0. The van der Waals surface area contributed by atoms with Crippen molar-refractivity contribution in [1.82, 2.24) is 10.2 Å². The third-order valence-electron chi connectivity index (χ3n) is 9.45. The summed E-state index contributed by atoms with van der Waals surface area (Å²) in [4.78, 5) is 51.9. The Morgan fingerprint density at radius 3 is 2.28 bits per heavy atom. The van der Waals surface area contributed by atoms with Crippen LogP contribution < -0.4 is 5.32 Å². The average molecular weight is 509 g/mol. The maximum atomic E-state index is 13.2. The topological polar surface area (TPSA) is 83.6 Å². The van der Waals surface area contributed by atoms with E-state index in [4.69, 9.17) is 0 Å². The number of carbonyl (C=O) groups is 4. The SMILES string of the molecule is O=C1CCC(N2C(=O)c3cccc(SCCCCCCC45CC6CC(CC(C6)C4)C5)c3C2=O)C(=O)N1. The van der Waals surface area contributed by atoms with Crippen LogP contribution in [0.1, 0.15) is 104 Å². The van der Waals surface area contributed by atoms with Crippen LogP contribution in [-0.4, -0.2) is 40.3 Å². The van der Waals surface area contributed by atoms with E-state index in [-0.39, 0.29) is 18.7 Å². The van der Waals surface area contributed by atoms with Gasteiger partial charge in [0, 0.05) is 11.3 Å². The fourth-order valence-electron chi connectivity index (χ4n) is 8.34. The van der Waals surface area contributed by atoms with Crippen molar-refractivity contribution in [3.05, 3.63) is 29.3 Å². The molecule has 6 aliphatic rings. The number of hydrogen-bond donors (Lipinski definition) is 1. The number of fused-ring (bicyclic) bond motifs is 1. The number of piperidine rings is 1. The van der Waals surface area contributed by atoms with Crippen LogP contribution in [0, 0.1) is 23.2 Å². The number of nitrogens with one attached hydrogen (secondary N) is 1. The predicted molar refractivity (Wildman–Crippen MR) is 138 cm³/mol. The molecule has 7 heteroatoms. The molecule has 0 aromatic heterocycles. The Kier molecular flexibility index (Phi) is 6.47. The summed E-state index contributed by atoms with van der Waals surface area (Å²) < 4.78 is 0. The average Bonchev–Trinajstić information content (AvgIpc) is 3.08. The van der Waals surface area contributed by atoms with Gasteiger partial charge in [-0.2, -0.15) is 0 Å². The van der Waals surface area contributed by atoms with Gasteiger partial charge in [-0.1, -0.05) is 25.3 Å². The first-order valence-electron chi connectivity index (χ1n) is 13.9. The van der Waals surface area contributed by atoms with Gasteiger partial charge in [0.05, 0.1) is 11.1 Å². The van der Waals surface area contributed by atoms with Crippen molar-refractivity contribution in [3.8, 4) is 0 Å². The molecule has 4 saturated carbocycles. The molecule has 7 rings (SSSR count). The minimum atomic E-state index is -0.915. The van der Waals surface area contributed by atoms with Crippen molar-refractivity contribution in [3.63, 3.8) is 0 Å². The summed E-state index contributed by atoms with van der Waals surface area (Å²) in [6.07, 6.45) is 15.7. The van der Waals surface area contributed by atoms with Crippen LogP contribution >= 0.6 is 11.8 Å². The maximum Gasteiger partial charge on any atom is 0.263 e. The van der Waals surface area contributed by atoms with Crippen LogP contribution in [0.15, 0.2) is 23.1 Å². The minimum absolute atomic E-state index is 0.133. The molecule has 4 bridgehead atoms. The van der Waals surface area contributed by atoms with E-state index < -0.39 is 23.8 Å². The first-order chi connectivity index (χ1) is 17.4. The van der Waals surface area contributed by atoms with Gasteiger partial charge >= 0.3 is 0 Å². The second-order valence-electron chi connectivity index (χ2n) is 12.1. The summed E-state index contributed by atoms with van der Waals surface area (Å²) in [5, 5.41) is 2.25. The lowest BCUT2D eigenvalue weighted by atomic mass is 9.48. The zero-order valence-corrected chi connectivity index (χ0v) is 21.7. The van der Waals surface area contributed by atoms with Crippen LogP contribution in [0.25, 0.3) is 0 Å². The van der Waals surface area contributed by atoms with Gasteiger partial charge in [-0.25, -0.2) is 0 Å². The first kappa shape index (κ1) is 24.2. The van der Waals surface area contributed by atoms with E-state index in [1.807, 2.05) is 12.1 Å². The number of carbonyl (C=O) groups excluding carboxylic acids is 4. The molecule has 6 nitrogen and oxygen atoms in total. The molecule has 2 aliphatic heterocycles. The van der Waals surface area contributed by atoms with Crippen molar-refractivity contribution in [2.45, 2.75) is 94.4 Å². The number of imide groups is 2. The van der Waals surface area contributed by atoms with Crippen molar-refractivity contribution < 1.29 is 19.2 Å². The van der Waals surface area contributed by atoms with Crippen molar-refractivity contribution in [1.29, 1.82) is 0 Å². The molecule has 1 N–H and O–H groups in total. The zero-order valence-electron chi connectivity index (χ0n) is 20.9. The van der Waals surface area contributed by atoms with Gasteiger partial charge in [-0.15, -0.1) is 11.8 Å². The van der Waals surface area contributed by atoms with E-state index in [2.05, 4.69) is 5.32 Å². The fraction of sp³-hybridized carbons (Fsp3) is 0.655. The lowest BCUT2D eigenvalue weighted by Gasteiger charge is -2.57. The van der Waals surface area contributed by atoms with Crippen LogP contribution in [0.4, 0.5) is 0 Å². The van der Waals surface area contributed by atoms with E-state index in [1.165, 1.54) is 64.2 Å². The van der Waals surface area contributed by atoms with Gasteiger partial charge in [0.1, 0.15) is 6.04 Å². The summed E-state index contributed by atoms with van der Waals surface area (Å²) in [5.74, 6) is 2.22. The Labute approximate surface area is 217 Å². The van der Waals surface area contributed by atoms with E-state index in [1.54, 1.807) is 17.8 Å². The Balaban J connectivity index is 0.990. The molecule has 2 heterocycles. The molecule has 0 spiro atoms. The standard InChI is InChI=1S/C29H36N2O4S/c32-24-9-8-22(26(33)30-24)31-27(34)21-6-5-7-23(25(21)28(31)35)36-11-4-2-1-3-10-29-15-18-12-19(16-29)14-20(13-18)17-29/h5-7,18-20,22H,1-4,8-17H2,(H,30,32,33). The van der Waals surface area contributed by atoms with Gasteiger partial charge in [0.2, 0.25) is 11.8 Å². The third kappa shape index (κ3) is 4.42. The highest BCUT2D eigenvalue weighted by Gasteiger charge is 2.50. The fourth-order valence-corrected chi connectivity index (χ4v) is 9.42. The van der Waals surface area contributed by atoms with E-state index in [9.17, 15) is 19.2 Å². The van der Waals surface area contributed by atoms with E-state index in [0.717, 1.165) is 39.7 Å². The monoisotopic (exact) mass is 508 g/mol. The quantitative estimate of drug-likeness (QED) is 0.276. The molecule has 1 aromatic carbocycles. The second-order valence-corrected chi connectivity index (χ2v) is 13.2. The number of nitrogens with zero attached hydrogens (tertiary/aromatic N) is 1. The number of benzene rings is 1. The first-order valence-corrected chi connectivity index (χ1v) is 14.9. The summed E-state index contributed by atoms with van der Waals surface area (Å²) >= 11 is 1.63. The Hall–Kier alpha value is -2.15. The van der Waals surface area contributed by atoms with E-state index >= 15 is 0 Å². The minimum Gasteiger partial charge on any atom is -0.295 e. The molecular weight excluding hydrogens is 472 g/mol. The second kappa shape index (κ2) is 9.62. The van der Waals surface area contributed by atoms with E-state index in [0.29, 0.717) is 16.5 Å². The van der Waals surface area contributed by atoms with Crippen LogP contribution in [-0.2, 0) is 9.59 Å². The van der Waals surface area contributed by atoms with Crippen molar-refractivity contribution in [2.24, 2.45) is 23.2 Å².